The molecule has 5 aromatic carbocycles. The summed E-state index contributed by atoms with van der Waals surface area (Å²) in [6.45, 7) is 4.40. The van der Waals surface area contributed by atoms with Gasteiger partial charge in [0.1, 0.15) is 0 Å². The standard InChI is InChI=1S/C36H31N/c1-23-15-24(2)17-27(16-23)19-29-7-6-8-30-22-28-13-11-25(20-32(28)36(29)30)18-26-12-14-35-33(21-26)31-9-4-5-10-34(31)37(35)3/h4-17,20-21H,18-19,22H2,1-3H3. The Balaban J connectivity index is 1.26. The van der Waals surface area contributed by atoms with Gasteiger partial charge in [0.25, 0.3) is 0 Å². The summed E-state index contributed by atoms with van der Waals surface area (Å²) in [6.07, 6.45) is 2.96. The maximum Gasteiger partial charge on any atom is 0.0488 e. The predicted octanol–water partition coefficient (Wildman–Crippen LogP) is 8.70. The van der Waals surface area contributed by atoms with Gasteiger partial charge < -0.3 is 4.57 Å². The summed E-state index contributed by atoms with van der Waals surface area (Å²) in [5.41, 5.74) is 16.7. The highest BCUT2D eigenvalue weighted by Crippen LogP contribution is 2.41. The molecule has 180 valence electrons. The third-order valence-electron chi connectivity index (χ3n) is 8.12. The second-order valence-corrected chi connectivity index (χ2v) is 10.9. The van der Waals surface area contributed by atoms with Crippen LogP contribution in [0.4, 0.5) is 0 Å². The van der Waals surface area contributed by atoms with Crippen LogP contribution in [0, 0.1) is 13.8 Å². The SMILES string of the molecule is Cc1cc(C)cc(Cc2cccc3c2-c2cc(Cc4ccc5c(c4)c4ccccc4n5C)ccc2C3)c1. The molecule has 1 heterocycles. The third kappa shape index (κ3) is 3.78. The molecule has 0 saturated heterocycles. The van der Waals surface area contributed by atoms with Crippen molar-refractivity contribution in [1.82, 2.24) is 4.57 Å². The summed E-state index contributed by atoms with van der Waals surface area (Å²) in [4.78, 5) is 0. The van der Waals surface area contributed by atoms with Crippen LogP contribution in [-0.4, -0.2) is 4.57 Å². The van der Waals surface area contributed by atoms with E-state index in [4.69, 9.17) is 0 Å². The molecule has 37 heavy (non-hydrogen) atoms. The highest BCUT2D eigenvalue weighted by Gasteiger charge is 2.22. The average molecular weight is 478 g/mol. The minimum atomic E-state index is 0.945. The van der Waals surface area contributed by atoms with Gasteiger partial charge in [-0.3, -0.25) is 0 Å². The topological polar surface area (TPSA) is 4.93 Å². The van der Waals surface area contributed by atoms with E-state index in [1.54, 1.807) is 0 Å². The van der Waals surface area contributed by atoms with Gasteiger partial charge in [0.05, 0.1) is 0 Å². The summed E-state index contributed by atoms with van der Waals surface area (Å²) in [6, 6.07) is 36.7. The molecule has 0 bridgehead atoms. The zero-order valence-electron chi connectivity index (χ0n) is 21.8. The molecular formula is C36H31N. The number of nitrogens with zero attached hydrogens (tertiary/aromatic N) is 1. The lowest BCUT2D eigenvalue weighted by atomic mass is 9.92. The van der Waals surface area contributed by atoms with Crippen LogP contribution in [0.15, 0.2) is 97.1 Å². The fourth-order valence-corrected chi connectivity index (χ4v) is 6.57. The van der Waals surface area contributed by atoms with E-state index in [1.807, 2.05) is 0 Å². The Hall–Kier alpha value is -4.10. The number of para-hydroxylation sites is 1. The van der Waals surface area contributed by atoms with E-state index in [9.17, 15) is 0 Å². The molecule has 0 aliphatic heterocycles. The molecular weight excluding hydrogens is 446 g/mol. The summed E-state index contributed by atoms with van der Waals surface area (Å²) >= 11 is 0. The Kier molecular flexibility index (Phi) is 5.08. The molecule has 1 aliphatic carbocycles. The Labute approximate surface area is 219 Å². The van der Waals surface area contributed by atoms with Gasteiger partial charge >= 0.3 is 0 Å². The first kappa shape index (κ1) is 22.1. The van der Waals surface area contributed by atoms with Crippen molar-refractivity contribution in [3.63, 3.8) is 0 Å². The monoisotopic (exact) mass is 477 g/mol. The molecule has 1 heteroatoms. The van der Waals surface area contributed by atoms with E-state index in [2.05, 4.69) is 123 Å². The molecule has 0 saturated carbocycles. The number of benzene rings is 5. The van der Waals surface area contributed by atoms with Crippen LogP contribution >= 0.6 is 0 Å². The molecule has 0 radical (unpaired) electrons. The molecule has 0 amide bonds. The summed E-state index contributed by atoms with van der Waals surface area (Å²) in [5, 5.41) is 2.68. The molecule has 0 N–H and O–H groups in total. The zero-order valence-corrected chi connectivity index (χ0v) is 21.8. The van der Waals surface area contributed by atoms with Crippen molar-refractivity contribution in [3.8, 4) is 11.1 Å². The van der Waals surface area contributed by atoms with Crippen LogP contribution in [-0.2, 0) is 26.3 Å². The minimum Gasteiger partial charge on any atom is -0.344 e. The van der Waals surface area contributed by atoms with Crippen LogP contribution in [0.25, 0.3) is 32.9 Å². The van der Waals surface area contributed by atoms with Crippen LogP contribution in [0.2, 0.25) is 0 Å². The lowest BCUT2D eigenvalue weighted by Gasteiger charge is -2.12. The van der Waals surface area contributed by atoms with E-state index >= 15 is 0 Å². The van der Waals surface area contributed by atoms with Gasteiger partial charge in [0, 0.05) is 28.9 Å². The van der Waals surface area contributed by atoms with E-state index in [0.29, 0.717) is 0 Å². The first-order chi connectivity index (χ1) is 18.0. The van der Waals surface area contributed by atoms with Crippen molar-refractivity contribution in [2.24, 2.45) is 7.05 Å². The summed E-state index contributed by atoms with van der Waals surface area (Å²) in [7, 11) is 2.16. The Morgan fingerprint density at radius 2 is 1.35 bits per heavy atom. The summed E-state index contributed by atoms with van der Waals surface area (Å²) in [5.74, 6) is 0. The fraction of sp³-hybridized carbons (Fsp3) is 0.167. The highest BCUT2D eigenvalue weighted by molar-refractivity contribution is 6.08. The number of hydrogen-bond donors (Lipinski definition) is 0. The van der Waals surface area contributed by atoms with Gasteiger partial charge in [-0.25, -0.2) is 0 Å². The molecule has 7 rings (SSSR count). The number of aryl methyl sites for hydroxylation is 3. The van der Waals surface area contributed by atoms with Crippen molar-refractivity contribution >= 4 is 21.8 Å². The molecule has 0 fully saturated rings. The molecule has 1 nitrogen and oxygen atoms in total. The maximum atomic E-state index is 2.46. The zero-order chi connectivity index (χ0) is 25.1. The van der Waals surface area contributed by atoms with Crippen molar-refractivity contribution in [1.29, 1.82) is 0 Å². The summed E-state index contributed by atoms with van der Waals surface area (Å²) < 4.78 is 2.30. The fourth-order valence-electron chi connectivity index (χ4n) is 6.57. The van der Waals surface area contributed by atoms with Crippen LogP contribution < -0.4 is 0 Å². The minimum absolute atomic E-state index is 0.945. The first-order valence-electron chi connectivity index (χ1n) is 13.3. The molecule has 0 unspecified atom stereocenters. The molecule has 0 atom stereocenters. The van der Waals surface area contributed by atoms with E-state index in [0.717, 1.165) is 19.3 Å². The number of hydrogen-bond acceptors (Lipinski definition) is 0. The van der Waals surface area contributed by atoms with Crippen LogP contribution in [0.1, 0.15) is 44.5 Å². The lowest BCUT2D eigenvalue weighted by Crippen LogP contribution is -1.95. The Bertz CT molecular complexity index is 1810. The van der Waals surface area contributed by atoms with Crippen molar-refractivity contribution < 1.29 is 0 Å². The smallest absolute Gasteiger partial charge is 0.0488 e. The van der Waals surface area contributed by atoms with Gasteiger partial charge in [-0.05, 0) is 95.8 Å². The van der Waals surface area contributed by atoms with E-state index in [1.165, 1.54) is 77.4 Å². The van der Waals surface area contributed by atoms with Crippen LogP contribution in [0.3, 0.4) is 0 Å². The van der Waals surface area contributed by atoms with Gasteiger partial charge in [0.2, 0.25) is 0 Å². The van der Waals surface area contributed by atoms with Crippen molar-refractivity contribution in [3.05, 3.63) is 142 Å². The van der Waals surface area contributed by atoms with E-state index in [-0.39, 0.29) is 0 Å². The Morgan fingerprint density at radius 3 is 2.22 bits per heavy atom. The van der Waals surface area contributed by atoms with Gasteiger partial charge in [-0.15, -0.1) is 0 Å². The number of aromatic nitrogens is 1. The molecule has 0 spiro atoms. The van der Waals surface area contributed by atoms with Gasteiger partial charge in [0.15, 0.2) is 0 Å². The quantitative estimate of drug-likeness (QED) is 0.239. The molecule has 6 aromatic rings. The average Bonchev–Trinajstić information content (AvgIpc) is 3.39. The number of fused-ring (bicyclic) bond motifs is 6. The highest BCUT2D eigenvalue weighted by atomic mass is 14.9. The second-order valence-electron chi connectivity index (χ2n) is 10.9. The number of rotatable bonds is 4. The lowest BCUT2D eigenvalue weighted by molar-refractivity contribution is 1.01. The van der Waals surface area contributed by atoms with Gasteiger partial charge in [-0.2, -0.15) is 0 Å². The maximum absolute atomic E-state index is 2.46. The normalized spacial score (nSPS) is 12.3. The predicted molar refractivity (Wildman–Crippen MR) is 157 cm³/mol. The van der Waals surface area contributed by atoms with Gasteiger partial charge in [-0.1, -0.05) is 90.0 Å². The largest absolute Gasteiger partial charge is 0.344 e. The van der Waals surface area contributed by atoms with Crippen molar-refractivity contribution in [2.45, 2.75) is 33.1 Å². The molecule has 1 aromatic heterocycles. The van der Waals surface area contributed by atoms with Crippen molar-refractivity contribution in [2.75, 3.05) is 0 Å². The first-order valence-corrected chi connectivity index (χ1v) is 13.3. The van der Waals surface area contributed by atoms with Crippen LogP contribution in [0.5, 0.6) is 0 Å². The van der Waals surface area contributed by atoms with E-state index < -0.39 is 0 Å². The third-order valence-corrected chi connectivity index (χ3v) is 8.12. The molecule has 1 aliphatic rings. The second kappa shape index (κ2) is 8.49. The Morgan fingerprint density at radius 1 is 0.595 bits per heavy atom.